The Morgan fingerprint density at radius 2 is 1.80 bits per heavy atom. The van der Waals surface area contributed by atoms with Crippen LogP contribution in [0.4, 0.5) is 0 Å². The molecule has 6 nitrogen and oxygen atoms in total. The van der Waals surface area contributed by atoms with Crippen LogP contribution in [0.25, 0.3) is 11.6 Å². The molecule has 104 valence electrons. The number of nitrogens with one attached hydrogen (secondary N) is 1. The second-order valence-corrected chi connectivity index (χ2v) is 6.75. The molecule has 2 aromatic heterocycles. The van der Waals surface area contributed by atoms with Gasteiger partial charge >= 0.3 is 0 Å². The zero-order valence-electron chi connectivity index (χ0n) is 11.2. The lowest BCUT2D eigenvalue weighted by Gasteiger charge is -2.53. The summed E-state index contributed by atoms with van der Waals surface area (Å²) in [5, 5.41) is 10.7. The zero-order valence-corrected chi connectivity index (χ0v) is 11.2. The van der Waals surface area contributed by atoms with E-state index in [-0.39, 0.29) is 0 Å². The predicted molar refractivity (Wildman–Crippen MR) is 69.5 cm³/mol. The van der Waals surface area contributed by atoms with Crippen LogP contribution in [0, 0.1) is 23.7 Å². The smallest absolute Gasteiger partial charge is 0.239 e. The predicted octanol–water partition coefficient (Wildman–Crippen LogP) is 2.39. The lowest BCUT2D eigenvalue weighted by Crippen LogP contribution is -2.43. The Labute approximate surface area is 116 Å². The van der Waals surface area contributed by atoms with Crippen LogP contribution in [0.5, 0.6) is 0 Å². The highest BCUT2D eigenvalue weighted by molar-refractivity contribution is 5.39. The van der Waals surface area contributed by atoms with Gasteiger partial charge < -0.3 is 4.52 Å². The van der Waals surface area contributed by atoms with E-state index in [0.29, 0.717) is 17.6 Å². The number of hydrogen-bond donors (Lipinski definition) is 1. The van der Waals surface area contributed by atoms with Gasteiger partial charge in [-0.25, -0.2) is 4.98 Å². The minimum absolute atomic E-state index is 0.479. The highest BCUT2D eigenvalue weighted by atomic mass is 16.5. The first-order valence-corrected chi connectivity index (χ1v) is 7.56. The van der Waals surface area contributed by atoms with E-state index in [1.807, 2.05) is 0 Å². The molecule has 6 heteroatoms. The van der Waals surface area contributed by atoms with Crippen LogP contribution >= 0.6 is 0 Å². The molecule has 4 saturated carbocycles. The molecule has 4 aliphatic rings. The molecule has 0 radical (unpaired) electrons. The van der Waals surface area contributed by atoms with E-state index in [0.717, 1.165) is 29.6 Å². The summed E-state index contributed by atoms with van der Waals surface area (Å²) in [6, 6.07) is 0. The van der Waals surface area contributed by atoms with Gasteiger partial charge in [0.2, 0.25) is 11.7 Å². The van der Waals surface area contributed by atoms with Gasteiger partial charge in [-0.15, -0.1) is 0 Å². The van der Waals surface area contributed by atoms with E-state index in [4.69, 9.17) is 4.52 Å². The molecule has 0 spiro atoms. The van der Waals surface area contributed by atoms with E-state index < -0.39 is 0 Å². The van der Waals surface area contributed by atoms with Crippen molar-refractivity contribution in [2.75, 3.05) is 0 Å². The van der Waals surface area contributed by atoms with E-state index in [2.05, 4.69) is 25.3 Å². The number of rotatable bonds is 2. The monoisotopic (exact) mass is 271 g/mol. The van der Waals surface area contributed by atoms with Gasteiger partial charge in [-0.05, 0) is 55.8 Å². The number of H-pyrrole nitrogens is 1. The van der Waals surface area contributed by atoms with Crippen LogP contribution < -0.4 is 0 Å². The summed E-state index contributed by atoms with van der Waals surface area (Å²) >= 11 is 0. The normalized spacial score (nSPS) is 38.5. The summed E-state index contributed by atoms with van der Waals surface area (Å²) in [4.78, 5) is 8.67. The number of aromatic nitrogens is 5. The van der Waals surface area contributed by atoms with E-state index >= 15 is 0 Å². The SMILES string of the molecule is c1n[nH]c(-c2noc(C3C4CC5CC(C4)CC3C5)n2)n1. The molecule has 6 rings (SSSR count). The lowest BCUT2D eigenvalue weighted by molar-refractivity contribution is -0.0131. The van der Waals surface area contributed by atoms with Gasteiger partial charge in [0.1, 0.15) is 6.33 Å². The number of nitrogens with zero attached hydrogens (tertiary/aromatic N) is 4. The Balaban J connectivity index is 1.48. The lowest BCUT2D eigenvalue weighted by atomic mass is 9.52. The average Bonchev–Trinajstić information content (AvgIpc) is 3.08. The van der Waals surface area contributed by atoms with Crippen molar-refractivity contribution >= 4 is 0 Å². The second-order valence-electron chi connectivity index (χ2n) is 6.75. The Kier molecular flexibility index (Phi) is 2.14. The Hall–Kier alpha value is -1.72. The van der Waals surface area contributed by atoms with Crippen LogP contribution in [0.2, 0.25) is 0 Å². The van der Waals surface area contributed by atoms with Crippen molar-refractivity contribution in [2.24, 2.45) is 23.7 Å². The molecule has 4 fully saturated rings. The van der Waals surface area contributed by atoms with Crippen LogP contribution in [0.1, 0.15) is 43.9 Å². The maximum atomic E-state index is 5.57. The molecule has 0 aromatic carbocycles. The Bertz CT molecular complexity index is 591. The molecular formula is C14H17N5O. The summed E-state index contributed by atoms with van der Waals surface area (Å²) in [5.41, 5.74) is 0. The van der Waals surface area contributed by atoms with Gasteiger partial charge in [0, 0.05) is 5.92 Å². The third kappa shape index (κ3) is 1.50. The fraction of sp³-hybridized carbons (Fsp3) is 0.714. The van der Waals surface area contributed by atoms with Gasteiger partial charge in [-0.2, -0.15) is 10.1 Å². The maximum Gasteiger partial charge on any atom is 0.239 e. The average molecular weight is 271 g/mol. The fourth-order valence-electron chi connectivity index (χ4n) is 5.11. The van der Waals surface area contributed by atoms with Crippen molar-refractivity contribution in [1.29, 1.82) is 0 Å². The fourth-order valence-corrected chi connectivity index (χ4v) is 5.11. The quantitative estimate of drug-likeness (QED) is 0.907. The van der Waals surface area contributed by atoms with Gasteiger partial charge in [-0.1, -0.05) is 5.16 Å². The van der Waals surface area contributed by atoms with Crippen LogP contribution in [0.3, 0.4) is 0 Å². The summed E-state index contributed by atoms with van der Waals surface area (Å²) in [6.07, 6.45) is 8.37. The summed E-state index contributed by atoms with van der Waals surface area (Å²) in [6.45, 7) is 0. The largest absolute Gasteiger partial charge is 0.339 e. The minimum Gasteiger partial charge on any atom is -0.339 e. The molecule has 0 atom stereocenters. The molecular weight excluding hydrogens is 254 g/mol. The Morgan fingerprint density at radius 3 is 2.45 bits per heavy atom. The first kappa shape index (κ1) is 11.0. The standard InChI is InChI=1S/C14H17N5O/c1-7-2-9-4-8(1)5-10(3-7)11(9)14-17-13(19-20-14)12-15-6-16-18-12/h6-11H,1-5H2,(H,15,16,18). The molecule has 4 bridgehead atoms. The molecule has 2 aromatic rings. The van der Waals surface area contributed by atoms with Crippen molar-refractivity contribution in [3.63, 3.8) is 0 Å². The molecule has 2 heterocycles. The molecule has 4 aliphatic carbocycles. The molecule has 20 heavy (non-hydrogen) atoms. The van der Waals surface area contributed by atoms with Crippen LogP contribution in [0.15, 0.2) is 10.9 Å². The first-order chi connectivity index (χ1) is 9.87. The highest BCUT2D eigenvalue weighted by Crippen LogP contribution is 2.59. The van der Waals surface area contributed by atoms with Crippen molar-refractivity contribution in [3.8, 4) is 11.6 Å². The molecule has 0 aliphatic heterocycles. The van der Waals surface area contributed by atoms with E-state index in [9.17, 15) is 0 Å². The number of hydrogen-bond acceptors (Lipinski definition) is 5. The van der Waals surface area contributed by atoms with Crippen molar-refractivity contribution in [3.05, 3.63) is 12.2 Å². The zero-order chi connectivity index (χ0) is 13.1. The third-order valence-electron chi connectivity index (χ3n) is 5.58. The summed E-state index contributed by atoms with van der Waals surface area (Å²) < 4.78 is 5.57. The van der Waals surface area contributed by atoms with Crippen molar-refractivity contribution < 1.29 is 4.52 Å². The molecule has 0 unspecified atom stereocenters. The van der Waals surface area contributed by atoms with Crippen LogP contribution in [-0.2, 0) is 0 Å². The van der Waals surface area contributed by atoms with Gasteiger partial charge in [0.05, 0.1) is 0 Å². The van der Waals surface area contributed by atoms with Gasteiger partial charge in [-0.3, -0.25) is 5.10 Å². The van der Waals surface area contributed by atoms with E-state index in [1.54, 1.807) is 0 Å². The molecule has 0 amide bonds. The Morgan fingerprint density at radius 1 is 1.05 bits per heavy atom. The minimum atomic E-state index is 0.479. The van der Waals surface area contributed by atoms with E-state index in [1.165, 1.54) is 38.4 Å². The van der Waals surface area contributed by atoms with Crippen molar-refractivity contribution in [1.82, 2.24) is 25.3 Å². The number of aromatic amines is 1. The molecule has 1 N–H and O–H groups in total. The summed E-state index contributed by atoms with van der Waals surface area (Å²) in [7, 11) is 0. The van der Waals surface area contributed by atoms with Gasteiger partial charge in [0.15, 0.2) is 5.82 Å². The first-order valence-electron chi connectivity index (χ1n) is 7.56. The topological polar surface area (TPSA) is 80.5 Å². The molecule has 0 saturated heterocycles. The van der Waals surface area contributed by atoms with Crippen LogP contribution in [-0.4, -0.2) is 25.3 Å². The highest BCUT2D eigenvalue weighted by Gasteiger charge is 2.50. The van der Waals surface area contributed by atoms with Gasteiger partial charge in [0.25, 0.3) is 0 Å². The second kappa shape index (κ2) is 3.90. The van der Waals surface area contributed by atoms with Crippen molar-refractivity contribution in [2.45, 2.75) is 38.0 Å². The summed E-state index contributed by atoms with van der Waals surface area (Å²) in [5.74, 6) is 5.87. The third-order valence-corrected chi connectivity index (χ3v) is 5.58. The maximum absolute atomic E-state index is 5.57.